The fourth-order valence-corrected chi connectivity index (χ4v) is 0.716. The van der Waals surface area contributed by atoms with Gasteiger partial charge >= 0.3 is 0 Å². The normalized spacial score (nSPS) is 13.6. The maximum Gasteiger partial charge on any atom is 0.220 e. The van der Waals surface area contributed by atoms with Crippen LogP contribution in [-0.2, 0) is 4.79 Å². The van der Waals surface area contributed by atoms with Crippen molar-refractivity contribution in [3.05, 3.63) is 12.2 Å². The molecule has 0 aliphatic rings. The molecule has 0 fully saturated rings. The number of carbonyl (C=O) groups is 1. The van der Waals surface area contributed by atoms with Crippen LogP contribution in [0.3, 0.4) is 0 Å². The molecular weight excluding hydrogens is 166 g/mol. The van der Waals surface area contributed by atoms with E-state index in [-0.39, 0.29) is 6.42 Å². The van der Waals surface area contributed by atoms with E-state index in [4.69, 9.17) is 22.4 Å². The van der Waals surface area contributed by atoms with E-state index < -0.39 is 12.0 Å². The molecule has 4 heteroatoms. The van der Waals surface area contributed by atoms with Crippen molar-refractivity contribution in [1.29, 1.82) is 0 Å². The quantitative estimate of drug-likeness (QED) is 0.472. The number of nitrogens with two attached hydrogens (primary N) is 1. The van der Waals surface area contributed by atoms with Crippen molar-refractivity contribution in [3.8, 4) is 0 Å². The third-order valence-electron chi connectivity index (χ3n) is 1.04. The Morgan fingerprint density at radius 1 is 1.73 bits per heavy atom. The first-order valence-corrected chi connectivity index (χ1v) is 3.89. The monoisotopic (exact) mass is 177 g/mol. The lowest BCUT2D eigenvalue weighted by Crippen LogP contribution is -2.18. The summed E-state index contributed by atoms with van der Waals surface area (Å²) in [5, 5.41) is 9.02. The molecule has 0 aliphatic heterocycles. The lowest BCUT2D eigenvalue weighted by molar-refractivity contribution is -0.119. The Balaban J connectivity index is 3.50. The lowest BCUT2D eigenvalue weighted by atomic mass is 10.2. The van der Waals surface area contributed by atoms with Gasteiger partial charge < -0.3 is 10.8 Å². The summed E-state index contributed by atoms with van der Waals surface area (Å²) in [6.45, 7) is 0. The van der Waals surface area contributed by atoms with E-state index in [2.05, 4.69) is 0 Å². The Labute approximate surface area is 70.8 Å². The fraction of sp³-hybridized carbons (Fsp3) is 0.571. The zero-order valence-corrected chi connectivity index (χ0v) is 6.92. The third-order valence-corrected chi connectivity index (χ3v) is 1.26. The largest absolute Gasteiger partial charge is 0.389 e. The SMILES string of the molecule is NC(=O)C[C@H](O)/C=C/CCCl. The average molecular weight is 178 g/mol. The number of allylic oxidation sites excluding steroid dienone is 1. The molecule has 0 radical (unpaired) electrons. The molecule has 0 aliphatic carbocycles. The van der Waals surface area contributed by atoms with Crippen molar-refractivity contribution < 1.29 is 9.90 Å². The predicted molar refractivity (Wildman–Crippen MR) is 44.3 cm³/mol. The number of halogens is 1. The molecule has 0 rings (SSSR count). The second-order valence-corrected chi connectivity index (χ2v) is 2.52. The highest BCUT2D eigenvalue weighted by Gasteiger charge is 2.01. The van der Waals surface area contributed by atoms with Gasteiger partial charge in [0.2, 0.25) is 5.91 Å². The van der Waals surface area contributed by atoms with Gasteiger partial charge in [0.1, 0.15) is 0 Å². The molecular formula is C7H12ClNO2. The van der Waals surface area contributed by atoms with Crippen molar-refractivity contribution in [2.45, 2.75) is 18.9 Å². The Kier molecular flexibility index (Phi) is 5.88. The van der Waals surface area contributed by atoms with Gasteiger partial charge in [-0.05, 0) is 6.42 Å². The Morgan fingerprint density at radius 3 is 2.82 bits per heavy atom. The Hall–Kier alpha value is -0.540. The van der Waals surface area contributed by atoms with Gasteiger partial charge in [-0.1, -0.05) is 12.2 Å². The summed E-state index contributed by atoms with van der Waals surface area (Å²) < 4.78 is 0. The van der Waals surface area contributed by atoms with Crippen LogP contribution in [0, 0.1) is 0 Å². The molecule has 0 saturated heterocycles. The summed E-state index contributed by atoms with van der Waals surface area (Å²) in [7, 11) is 0. The molecule has 0 bridgehead atoms. The van der Waals surface area contributed by atoms with Crippen LogP contribution in [0.4, 0.5) is 0 Å². The first kappa shape index (κ1) is 10.5. The van der Waals surface area contributed by atoms with Gasteiger partial charge in [-0.25, -0.2) is 0 Å². The second-order valence-electron chi connectivity index (χ2n) is 2.14. The zero-order chi connectivity index (χ0) is 8.69. The molecule has 64 valence electrons. The minimum atomic E-state index is -0.768. The van der Waals surface area contributed by atoms with Gasteiger partial charge in [0.15, 0.2) is 0 Å². The van der Waals surface area contributed by atoms with Gasteiger partial charge in [-0.3, -0.25) is 4.79 Å². The number of hydrogen-bond acceptors (Lipinski definition) is 2. The van der Waals surface area contributed by atoms with Gasteiger partial charge in [0, 0.05) is 5.88 Å². The summed E-state index contributed by atoms with van der Waals surface area (Å²) in [6, 6.07) is 0. The first-order chi connectivity index (χ1) is 5.16. The number of carbonyl (C=O) groups excluding carboxylic acids is 1. The molecule has 3 N–H and O–H groups in total. The lowest BCUT2D eigenvalue weighted by Gasteiger charge is -1.99. The van der Waals surface area contributed by atoms with E-state index in [1.54, 1.807) is 6.08 Å². The highest BCUT2D eigenvalue weighted by Crippen LogP contribution is 1.94. The first-order valence-electron chi connectivity index (χ1n) is 3.35. The van der Waals surface area contributed by atoms with Crippen LogP contribution in [0.25, 0.3) is 0 Å². The molecule has 11 heavy (non-hydrogen) atoms. The summed E-state index contributed by atoms with van der Waals surface area (Å²) in [6.07, 6.45) is 3.14. The van der Waals surface area contributed by atoms with Crippen LogP contribution >= 0.6 is 11.6 Å². The van der Waals surface area contributed by atoms with Gasteiger partial charge in [-0.15, -0.1) is 11.6 Å². The molecule has 0 spiro atoms. The Morgan fingerprint density at radius 2 is 2.36 bits per heavy atom. The minimum Gasteiger partial charge on any atom is -0.389 e. The van der Waals surface area contributed by atoms with Crippen molar-refractivity contribution in [1.82, 2.24) is 0 Å². The van der Waals surface area contributed by atoms with Crippen molar-refractivity contribution in [2.75, 3.05) is 5.88 Å². The smallest absolute Gasteiger partial charge is 0.220 e. The standard InChI is InChI=1S/C7H12ClNO2/c8-4-2-1-3-6(10)5-7(9)11/h1,3,6,10H,2,4-5H2,(H2,9,11)/b3-1+/t6-/m1/s1. The van der Waals surface area contributed by atoms with Crippen LogP contribution in [0.1, 0.15) is 12.8 Å². The minimum absolute atomic E-state index is 0.0290. The molecule has 3 nitrogen and oxygen atoms in total. The maximum absolute atomic E-state index is 10.2. The predicted octanol–water partition coefficient (Wildman–Crippen LogP) is 0.408. The van der Waals surface area contributed by atoms with Crippen LogP contribution in [0.15, 0.2) is 12.2 Å². The van der Waals surface area contributed by atoms with Crippen LogP contribution in [0.2, 0.25) is 0 Å². The number of primary amides is 1. The van der Waals surface area contributed by atoms with E-state index >= 15 is 0 Å². The van der Waals surface area contributed by atoms with Crippen molar-refractivity contribution >= 4 is 17.5 Å². The number of alkyl halides is 1. The average Bonchev–Trinajstić information content (AvgIpc) is 1.86. The highest BCUT2D eigenvalue weighted by atomic mass is 35.5. The molecule has 1 atom stereocenters. The Bertz CT molecular complexity index is 147. The number of aliphatic hydroxyl groups is 1. The summed E-state index contributed by atoms with van der Waals surface area (Å²) in [4.78, 5) is 10.2. The van der Waals surface area contributed by atoms with E-state index in [9.17, 15) is 4.79 Å². The molecule has 0 aromatic carbocycles. The molecule has 1 amide bonds. The number of amides is 1. The summed E-state index contributed by atoms with van der Waals surface area (Å²) in [5.41, 5.74) is 4.84. The molecule has 0 aromatic heterocycles. The number of hydrogen-bond donors (Lipinski definition) is 2. The molecule has 0 aromatic rings. The van der Waals surface area contributed by atoms with E-state index in [1.807, 2.05) is 0 Å². The number of aliphatic hydroxyl groups excluding tert-OH is 1. The van der Waals surface area contributed by atoms with Gasteiger partial charge in [-0.2, -0.15) is 0 Å². The van der Waals surface area contributed by atoms with Crippen molar-refractivity contribution in [2.24, 2.45) is 5.73 Å². The molecule has 0 saturated carbocycles. The maximum atomic E-state index is 10.2. The van der Waals surface area contributed by atoms with Gasteiger partial charge in [0.05, 0.1) is 12.5 Å². The topological polar surface area (TPSA) is 63.3 Å². The number of rotatable bonds is 5. The summed E-state index contributed by atoms with van der Waals surface area (Å²) in [5.74, 6) is 0.00722. The van der Waals surface area contributed by atoms with E-state index in [0.29, 0.717) is 12.3 Å². The summed E-state index contributed by atoms with van der Waals surface area (Å²) >= 11 is 5.37. The molecule has 0 heterocycles. The van der Waals surface area contributed by atoms with E-state index in [1.165, 1.54) is 6.08 Å². The third kappa shape index (κ3) is 7.36. The molecule has 0 unspecified atom stereocenters. The van der Waals surface area contributed by atoms with Crippen LogP contribution in [-0.4, -0.2) is 23.0 Å². The second kappa shape index (κ2) is 6.19. The van der Waals surface area contributed by atoms with Gasteiger partial charge in [0.25, 0.3) is 0 Å². The van der Waals surface area contributed by atoms with Crippen LogP contribution in [0.5, 0.6) is 0 Å². The van der Waals surface area contributed by atoms with Crippen LogP contribution < -0.4 is 5.73 Å². The highest BCUT2D eigenvalue weighted by molar-refractivity contribution is 6.17. The zero-order valence-electron chi connectivity index (χ0n) is 6.16. The fourth-order valence-electron chi connectivity index (χ4n) is 0.590. The van der Waals surface area contributed by atoms with E-state index in [0.717, 1.165) is 0 Å². The van der Waals surface area contributed by atoms with Crippen molar-refractivity contribution in [3.63, 3.8) is 0 Å².